The van der Waals surface area contributed by atoms with E-state index in [1.54, 1.807) is 6.08 Å². The third kappa shape index (κ3) is 2.14. The molecular weight excluding hydrogens is 232 g/mol. The molecule has 0 amide bonds. The van der Waals surface area contributed by atoms with E-state index in [4.69, 9.17) is 5.26 Å². The van der Waals surface area contributed by atoms with E-state index >= 15 is 0 Å². The van der Waals surface area contributed by atoms with Crippen molar-refractivity contribution in [1.82, 2.24) is 4.98 Å². The van der Waals surface area contributed by atoms with Gasteiger partial charge in [-0.1, -0.05) is 42.5 Å². The summed E-state index contributed by atoms with van der Waals surface area (Å²) in [4.78, 5) is 3.20. The molecule has 0 saturated heterocycles. The summed E-state index contributed by atoms with van der Waals surface area (Å²) in [5, 5.41) is 10.2. The number of hydrogen-bond acceptors (Lipinski definition) is 1. The second kappa shape index (κ2) is 4.83. The summed E-state index contributed by atoms with van der Waals surface area (Å²) in [6, 6.07) is 20.3. The standard InChI is InChI=1S/C17H12N2/c18-10-8-16(13-4-2-1-3-5-13)15-7-6-14-9-11-19-17(14)12-15/h1-9,11-12,19H/b16-8+. The first-order valence-electron chi connectivity index (χ1n) is 6.11. The van der Waals surface area contributed by atoms with Crippen molar-refractivity contribution in [3.63, 3.8) is 0 Å². The highest BCUT2D eigenvalue weighted by molar-refractivity contribution is 5.88. The molecule has 1 heterocycles. The average Bonchev–Trinajstić information content (AvgIpc) is 2.93. The van der Waals surface area contributed by atoms with Gasteiger partial charge in [0.1, 0.15) is 0 Å². The van der Waals surface area contributed by atoms with Crippen molar-refractivity contribution in [3.8, 4) is 6.07 Å². The van der Waals surface area contributed by atoms with Gasteiger partial charge in [0.25, 0.3) is 0 Å². The number of nitriles is 1. The number of aromatic amines is 1. The quantitative estimate of drug-likeness (QED) is 0.676. The van der Waals surface area contributed by atoms with Crippen LogP contribution in [-0.2, 0) is 0 Å². The van der Waals surface area contributed by atoms with Crippen molar-refractivity contribution in [2.75, 3.05) is 0 Å². The summed E-state index contributed by atoms with van der Waals surface area (Å²) in [5.74, 6) is 0. The fourth-order valence-electron chi connectivity index (χ4n) is 2.23. The van der Waals surface area contributed by atoms with Crippen molar-refractivity contribution in [2.45, 2.75) is 0 Å². The number of fused-ring (bicyclic) bond motifs is 1. The molecule has 3 aromatic rings. The minimum atomic E-state index is 0.944. The molecule has 0 aliphatic carbocycles. The molecule has 1 N–H and O–H groups in total. The minimum absolute atomic E-state index is 0.944. The first kappa shape index (κ1) is 11.3. The zero-order valence-corrected chi connectivity index (χ0v) is 10.3. The van der Waals surface area contributed by atoms with Crippen molar-refractivity contribution >= 4 is 16.5 Å². The van der Waals surface area contributed by atoms with Gasteiger partial charge in [0, 0.05) is 17.8 Å². The Morgan fingerprint density at radius 3 is 2.63 bits per heavy atom. The van der Waals surface area contributed by atoms with Crippen LogP contribution in [0.25, 0.3) is 16.5 Å². The predicted molar refractivity (Wildman–Crippen MR) is 77.4 cm³/mol. The lowest BCUT2D eigenvalue weighted by atomic mass is 9.97. The summed E-state index contributed by atoms with van der Waals surface area (Å²) in [5.41, 5.74) is 4.12. The molecule has 2 nitrogen and oxygen atoms in total. The van der Waals surface area contributed by atoms with Gasteiger partial charge in [-0.3, -0.25) is 0 Å². The second-order valence-electron chi connectivity index (χ2n) is 4.33. The molecule has 3 rings (SSSR count). The van der Waals surface area contributed by atoms with Crippen LogP contribution in [0.3, 0.4) is 0 Å². The molecule has 0 spiro atoms. The Balaban J connectivity index is 2.15. The topological polar surface area (TPSA) is 39.6 Å². The van der Waals surface area contributed by atoms with Crippen LogP contribution in [0.2, 0.25) is 0 Å². The van der Waals surface area contributed by atoms with E-state index in [-0.39, 0.29) is 0 Å². The van der Waals surface area contributed by atoms with Gasteiger partial charge in [0.05, 0.1) is 6.07 Å². The highest BCUT2D eigenvalue weighted by Gasteiger charge is 2.05. The molecule has 2 heteroatoms. The van der Waals surface area contributed by atoms with Gasteiger partial charge >= 0.3 is 0 Å². The molecule has 1 aromatic heterocycles. The fraction of sp³-hybridized carbons (Fsp3) is 0. The highest BCUT2D eigenvalue weighted by Crippen LogP contribution is 2.25. The van der Waals surface area contributed by atoms with Crippen LogP contribution in [0.4, 0.5) is 0 Å². The Kier molecular flexibility index (Phi) is 2.88. The number of allylic oxidation sites excluding steroid dienone is 1. The van der Waals surface area contributed by atoms with Gasteiger partial charge < -0.3 is 4.98 Å². The molecule has 0 aliphatic rings. The molecule has 2 aromatic carbocycles. The molecular formula is C17H12N2. The fourth-order valence-corrected chi connectivity index (χ4v) is 2.23. The van der Waals surface area contributed by atoms with Gasteiger partial charge in [-0.25, -0.2) is 0 Å². The molecule has 0 unspecified atom stereocenters. The normalized spacial score (nSPS) is 11.4. The lowest BCUT2D eigenvalue weighted by molar-refractivity contribution is 1.47. The molecule has 0 fully saturated rings. The Morgan fingerprint density at radius 2 is 1.84 bits per heavy atom. The number of nitrogens with zero attached hydrogens (tertiary/aromatic N) is 1. The second-order valence-corrected chi connectivity index (χ2v) is 4.33. The van der Waals surface area contributed by atoms with Crippen molar-refractivity contribution < 1.29 is 0 Å². The van der Waals surface area contributed by atoms with E-state index in [1.165, 1.54) is 5.39 Å². The molecule has 0 bridgehead atoms. The number of nitrogens with one attached hydrogen (secondary N) is 1. The number of rotatable bonds is 2. The van der Waals surface area contributed by atoms with Gasteiger partial charge in [-0.05, 0) is 34.2 Å². The summed E-state index contributed by atoms with van der Waals surface area (Å²) in [7, 11) is 0. The SMILES string of the molecule is N#C/C=C(\c1ccccc1)c1ccc2cc[nH]c2c1. The van der Waals surface area contributed by atoms with E-state index in [1.807, 2.05) is 48.7 Å². The molecule has 0 atom stereocenters. The van der Waals surface area contributed by atoms with Crippen LogP contribution in [0.1, 0.15) is 11.1 Å². The summed E-state index contributed by atoms with van der Waals surface area (Å²) >= 11 is 0. The smallest absolute Gasteiger partial charge is 0.0918 e. The van der Waals surface area contributed by atoms with E-state index < -0.39 is 0 Å². The van der Waals surface area contributed by atoms with Crippen molar-refractivity contribution in [3.05, 3.63) is 78.0 Å². The van der Waals surface area contributed by atoms with E-state index in [9.17, 15) is 0 Å². The van der Waals surface area contributed by atoms with Crippen molar-refractivity contribution in [2.24, 2.45) is 0 Å². The molecule has 19 heavy (non-hydrogen) atoms. The number of H-pyrrole nitrogens is 1. The Hall–Kier alpha value is -2.79. The predicted octanol–water partition coefficient (Wildman–Crippen LogP) is 4.12. The molecule has 0 saturated carbocycles. The van der Waals surface area contributed by atoms with Crippen LogP contribution in [0.5, 0.6) is 0 Å². The summed E-state index contributed by atoms with van der Waals surface area (Å²) in [6.45, 7) is 0. The Labute approximate surface area is 111 Å². The van der Waals surface area contributed by atoms with E-state index in [0.29, 0.717) is 0 Å². The number of hydrogen-bond donors (Lipinski definition) is 1. The lowest BCUT2D eigenvalue weighted by Crippen LogP contribution is -1.87. The van der Waals surface area contributed by atoms with E-state index in [0.717, 1.165) is 22.2 Å². The molecule has 0 aliphatic heterocycles. The first-order valence-corrected chi connectivity index (χ1v) is 6.11. The van der Waals surface area contributed by atoms with Crippen molar-refractivity contribution in [1.29, 1.82) is 5.26 Å². The maximum atomic E-state index is 9.00. The first-order chi connectivity index (χ1) is 9.38. The zero-order valence-electron chi connectivity index (χ0n) is 10.3. The lowest BCUT2D eigenvalue weighted by Gasteiger charge is -2.07. The van der Waals surface area contributed by atoms with Crippen LogP contribution >= 0.6 is 0 Å². The van der Waals surface area contributed by atoms with Crippen LogP contribution in [0.15, 0.2) is 66.9 Å². The van der Waals surface area contributed by atoms with Gasteiger partial charge in [-0.2, -0.15) is 5.26 Å². The molecule has 90 valence electrons. The van der Waals surface area contributed by atoms with Gasteiger partial charge in [0.2, 0.25) is 0 Å². The maximum absolute atomic E-state index is 9.00. The third-order valence-corrected chi connectivity index (χ3v) is 3.16. The minimum Gasteiger partial charge on any atom is -0.361 e. The van der Waals surface area contributed by atoms with Crippen LogP contribution < -0.4 is 0 Å². The molecule has 0 radical (unpaired) electrons. The zero-order chi connectivity index (χ0) is 13.1. The van der Waals surface area contributed by atoms with E-state index in [2.05, 4.69) is 23.2 Å². The van der Waals surface area contributed by atoms with Gasteiger partial charge in [-0.15, -0.1) is 0 Å². The third-order valence-electron chi connectivity index (χ3n) is 3.16. The van der Waals surface area contributed by atoms with Crippen LogP contribution in [0, 0.1) is 11.3 Å². The number of aromatic nitrogens is 1. The average molecular weight is 244 g/mol. The van der Waals surface area contributed by atoms with Crippen LogP contribution in [-0.4, -0.2) is 4.98 Å². The highest BCUT2D eigenvalue weighted by atomic mass is 14.7. The summed E-state index contributed by atoms with van der Waals surface area (Å²) < 4.78 is 0. The summed E-state index contributed by atoms with van der Waals surface area (Å²) in [6.07, 6.45) is 3.52. The number of benzene rings is 2. The monoisotopic (exact) mass is 244 g/mol. The Morgan fingerprint density at radius 1 is 1.00 bits per heavy atom. The largest absolute Gasteiger partial charge is 0.361 e. The maximum Gasteiger partial charge on any atom is 0.0918 e. The van der Waals surface area contributed by atoms with Gasteiger partial charge in [0.15, 0.2) is 0 Å². The Bertz CT molecular complexity index is 774.